The Morgan fingerprint density at radius 2 is 1.42 bits per heavy atom. The summed E-state index contributed by atoms with van der Waals surface area (Å²) in [6.45, 7) is 1.46. The second-order valence-electron chi connectivity index (χ2n) is 6.27. The van der Waals surface area contributed by atoms with Crippen molar-refractivity contribution in [2.24, 2.45) is 11.8 Å². The van der Waals surface area contributed by atoms with Crippen LogP contribution in [0.2, 0.25) is 0 Å². The van der Waals surface area contributed by atoms with Crippen molar-refractivity contribution >= 4 is 34.5 Å². The average Bonchev–Trinajstić information content (AvgIpc) is 3.31. The normalized spacial score (nSPS) is 20.5. The average molecular weight is 363 g/mol. The van der Waals surface area contributed by atoms with Crippen LogP contribution in [-0.4, -0.2) is 24.9 Å². The maximum absolute atomic E-state index is 12.0. The molecule has 0 saturated heterocycles. The molecule has 0 aliphatic heterocycles. The monoisotopic (exact) mass is 362 g/mol. The predicted octanol–water partition coefficient (Wildman–Crippen LogP) is 3.78. The molecule has 0 bridgehead atoms. The summed E-state index contributed by atoms with van der Waals surface area (Å²) in [6, 6.07) is 7.49. The van der Waals surface area contributed by atoms with E-state index < -0.39 is 0 Å². The molecule has 1 aliphatic carbocycles. The number of carbonyl (C=O) groups is 2. The molecule has 24 heavy (non-hydrogen) atoms. The van der Waals surface area contributed by atoms with Crippen LogP contribution in [0.3, 0.4) is 0 Å². The van der Waals surface area contributed by atoms with Crippen molar-refractivity contribution in [2.75, 3.05) is 13.1 Å². The van der Waals surface area contributed by atoms with Crippen LogP contribution in [0.25, 0.3) is 0 Å². The molecule has 1 fully saturated rings. The van der Waals surface area contributed by atoms with Gasteiger partial charge in [-0.15, -0.1) is 22.7 Å². The van der Waals surface area contributed by atoms with Crippen LogP contribution in [-0.2, 0) is 0 Å². The highest BCUT2D eigenvalue weighted by atomic mass is 32.1. The Hall–Kier alpha value is -1.66. The summed E-state index contributed by atoms with van der Waals surface area (Å²) in [7, 11) is 0. The number of amides is 2. The summed E-state index contributed by atoms with van der Waals surface area (Å²) in [5.74, 6) is 1.06. The lowest BCUT2D eigenvalue weighted by atomic mass is 9.81. The summed E-state index contributed by atoms with van der Waals surface area (Å²) >= 11 is 2.94. The predicted molar refractivity (Wildman–Crippen MR) is 98.8 cm³/mol. The van der Waals surface area contributed by atoms with Gasteiger partial charge in [0, 0.05) is 13.1 Å². The molecule has 0 aromatic carbocycles. The Balaban J connectivity index is 1.41. The summed E-state index contributed by atoms with van der Waals surface area (Å²) < 4.78 is 0. The number of carbonyl (C=O) groups excluding carboxylic acids is 2. The second kappa shape index (κ2) is 8.44. The van der Waals surface area contributed by atoms with E-state index in [4.69, 9.17) is 0 Å². The number of thiophene rings is 2. The lowest BCUT2D eigenvalue weighted by Gasteiger charge is -2.29. The van der Waals surface area contributed by atoms with Gasteiger partial charge in [-0.3, -0.25) is 9.59 Å². The van der Waals surface area contributed by atoms with Gasteiger partial charge in [0.2, 0.25) is 0 Å². The van der Waals surface area contributed by atoms with Crippen LogP contribution >= 0.6 is 22.7 Å². The Morgan fingerprint density at radius 3 is 1.83 bits per heavy atom. The Kier molecular flexibility index (Phi) is 6.04. The van der Waals surface area contributed by atoms with Gasteiger partial charge >= 0.3 is 0 Å². The van der Waals surface area contributed by atoms with E-state index in [2.05, 4.69) is 10.6 Å². The summed E-state index contributed by atoms with van der Waals surface area (Å²) in [6.07, 6.45) is 4.54. The van der Waals surface area contributed by atoms with Crippen molar-refractivity contribution in [2.45, 2.75) is 25.7 Å². The van der Waals surface area contributed by atoms with Gasteiger partial charge in [-0.1, -0.05) is 18.6 Å². The molecule has 2 aromatic heterocycles. The minimum atomic E-state index is 0.0260. The highest BCUT2D eigenvalue weighted by Crippen LogP contribution is 2.28. The number of nitrogens with one attached hydrogen (secondary N) is 2. The zero-order valence-corrected chi connectivity index (χ0v) is 15.1. The van der Waals surface area contributed by atoms with E-state index in [0.717, 1.165) is 42.1 Å². The summed E-state index contributed by atoms with van der Waals surface area (Å²) in [5.41, 5.74) is 0. The largest absolute Gasteiger partial charge is 0.351 e. The fourth-order valence-electron chi connectivity index (χ4n) is 3.24. The molecule has 128 valence electrons. The van der Waals surface area contributed by atoms with Crippen LogP contribution in [0.4, 0.5) is 0 Å². The van der Waals surface area contributed by atoms with Crippen LogP contribution in [0.5, 0.6) is 0 Å². The van der Waals surface area contributed by atoms with E-state index in [9.17, 15) is 9.59 Å². The summed E-state index contributed by atoms with van der Waals surface area (Å²) in [4.78, 5) is 25.6. The molecule has 2 aromatic rings. The minimum Gasteiger partial charge on any atom is -0.351 e. The van der Waals surface area contributed by atoms with Crippen molar-refractivity contribution in [1.29, 1.82) is 0 Å². The molecular weight excluding hydrogens is 340 g/mol. The SMILES string of the molecule is O=C(NC[C@H]1CCC[C@H](CNC(=O)c2cccs2)C1)c1cccs1. The molecule has 2 N–H and O–H groups in total. The van der Waals surface area contributed by atoms with Gasteiger partial charge < -0.3 is 10.6 Å². The molecule has 3 rings (SSSR count). The Bertz CT molecular complexity index is 596. The van der Waals surface area contributed by atoms with Gasteiger partial charge in [0.15, 0.2) is 0 Å². The molecule has 2 atom stereocenters. The first-order valence-electron chi connectivity index (χ1n) is 8.36. The maximum atomic E-state index is 12.0. The van der Waals surface area contributed by atoms with Gasteiger partial charge in [0.25, 0.3) is 11.8 Å². The molecule has 2 heterocycles. The molecule has 1 saturated carbocycles. The van der Waals surface area contributed by atoms with Crippen LogP contribution in [0.1, 0.15) is 45.0 Å². The first-order chi connectivity index (χ1) is 11.7. The topological polar surface area (TPSA) is 58.2 Å². The number of hydrogen-bond donors (Lipinski definition) is 2. The van der Waals surface area contributed by atoms with Gasteiger partial charge in [0.1, 0.15) is 0 Å². The van der Waals surface area contributed by atoms with E-state index in [-0.39, 0.29) is 11.8 Å². The Morgan fingerprint density at radius 1 is 0.917 bits per heavy atom. The number of rotatable bonds is 6. The molecule has 0 unspecified atom stereocenters. The smallest absolute Gasteiger partial charge is 0.261 e. The first-order valence-corrected chi connectivity index (χ1v) is 10.1. The zero-order chi connectivity index (χ0) is 16.8. The second-order valence-corrected chi connectivity index (χ2v) is 8.17. The first kappa shape index (κ1) is 17.2. The quantitative estimate of drug-likeness (QED) is 0.822. The van der Waals surface area contributed by atoms with Crippen molar-refractivity contribution in [3.63, 3.8) is 0 Å². The molecule has 4 nitrogen and oxygen atoms in total. The minimum absolute atomic E-state index is 0.0260. The van der Waals surface area contributed by atoms with E-state index in [1.54, 1.807) is 0 Å². The van der Waals surface area contributed by atoms with Gasteiger partial charge in [0.05, 0.1) is 9.75 Å². The molecule has 0 spiro atoms. The van der Waals surface area contributed by atoms with Crippen LogP contribution in [0, 0.1) is 11.8 Å². The lowest BCUT2D eigenvalue weighted by molar-refractivity contribution is 0.0939. The van der Waals surface area contributed by atoms with Crippen molar-refractivity contribution in [1.82, 2.24) is 10.6 Å². The molecule has 0 radical (unpaired) electrons. The third kappa shape index (κ3) is 4.68. The fraction of sp³-hybridized carbons (Fsp3) is 0.444. The van der Waals surface area contributed by atoms with Gasteiger partial charge in [-0.25, -0.2) is 0 Å². The molecular formula is C18H22N2O2S2. The van der Waals surface area contributed by atoms with E-state index in [0.29, 0.717) is 11.8 Å². The number of hydrogen-bond acceptors (Lipinski definition) is 4. The summed E-state index contributed by atoms with van der Waals surface area (Å²) in [5, 5.41) is 9.93. The maximum Gasteiger partial charge on any atom is 0.261 e. The van der Waals surface area contributed by atoms with Crippen molar-refractivity contribution in [3.05, 3.63) is 44.8 Å². The molecule has 1 aliphatic rings. The third-order valence-electron chi connectivity index (χ3n) is 4.48. The van der Waals surface area contributed by atoms with Crippen molar-refractivity contribution in [3.8, 4) is 0 Å². The van der Waals surface area contributed by atoms with E-state index >= 15 is 0 Å². The van der Waals surface area contributed by atoms with Gasteiger partial charge in [-0.2, -0.15) is 0 Å². The van der Waals surface area contributed by atoms with E-state index in [1.807, 2.05) is 35.0 Å². The van der Waals surface area contributed by atoms with E-state index in [1.165, 1.54) is 29.1 Å². The van der Waals surface area contributed by atoms with Gasteiger partial charge in [-0.05, 0) is 54.0 Å². The Labute approximate surface area is 150 Å². The zero-order valence-electron chi connectivity index (χ0n) is 13.5. The van der Waals surface area contributed by atoms with Crippen LogP contribution < -0.4 is 10.6 Å². The molecule has 6 heteroatoms. The highest BCUT2D eigenvalue weighted by molar-refractivity contribution is 7.12. The lowest BCUT2D eigenvalue weighted by Crippen LogP contribution is -2.35. The molecule has 2 amide bonds. The fourth-order valence-corrected chi connectivity index (χ4v) is 4.52. The third-order valence-corrected chi connectivity index (χ3v) is 6.22. The highest BCUT2D eigenvalue weighted by Gasteiger charge is 2.23. The van der Waals surface area contributed by atoms with Crippen LogP contribution in [0.15, 0.2) is 35.0 Å². The standard InChI is InChI=1S/C18H22N2O2S2/c21-17(15-6-2-8-23-15)19-11-13-4-1-5-14(10-13)12-20-18(22)16-7-3-9-24-16/h2-3,6-9,13-14H,1,4-5,10-12H2,(H,19,21)(H,20,22)/t13-,14-/m0/s1. The van der Waals surface area contributed by atoms with Crippen molar-refractivity contribution < 1.29 is 9.59 Å².